The summed E-state index contributed by atoms with van der Waals surface area (Å²) in [5.41, 5.74) is 0. The van der Waals surface area contributed by atoms with Crippen molar-refractivity contribution < 1.29 is 0 Å². The number of likely N-dealkylation sites (tertiary alicyclic amines) is 1. The van der Waals surface area contributed by atoms with Crippen LogP contribution in [-0.2, 0) is 0 Å². The van der Waals surface area contributed by atoms with Crippen LogP contribution < -0.4 is 5.32 Å². The van der Waals surface area contributed by atoms with Crippen LogP contribution in [0, 0.1) is 5.92 Å². The van der Waals surface area contributed by atoms with E-state index >= 15 is 0 Å². The van der Waals surface area contributed by atoms with Crippen molar-refractivity contribution in [2.45, 2.75) is 64.6 Å². The summed E-state index contributed by atoms with van der Waals surface area (Å²) in [5.74, 6) is 0.829. The fourth-order valence-electron chi connectivity index (χ4n) is 2.74. The minimum Gasteiger partial charge on any atom is -0.310 e. The van der Waals surface area contributed by atoms with Gasteiger partial charge in [-0.05, 0) is 38.5 Å². The van der Waals surface area contributed by atoms with E-state index in [0.29, 0.717) is 0 Å². The molecule has 88 valence electrons. The Morgan fingerprint density at radius 1 is 1.13 bits per heavy atom. The van der Waals surface area contributed by atoms with Crippen molar-refractivity contribution in [1.29, 1.82) is 0 Å². The molecule has 0 spiro atoms. The van der Waals surface area contributed by atoms with Crippen LogP contribution in [0.2, 0.25) is 0 Å². The van der Waals surface area contributed by atoms with Gasteiger partial charge in [0.15, 0.2) is 0 Å². The Labute approximate surface area is 94.4 Å². The molecule has 2 nitrogen and oxygen atoms in total. The van der Waals surface area contributed by atoms with Crippen molar-refractivity contribution in [3.8, 4) is 0 Å². The zero-order valence-corrected chi connectivity index (χ0v) is 10.5. The Hall–Kier alpha value is -0.0800. The van der Waals surface area contributed by atoms with E-state index in [0.717, 1.165) is 24.0 Å². The molecular weight excluding hydrogens is 184 g/mol. The van der Waals surface area contributed by atoms with Crippen LogP contribution in [0.5, 0.6) is 0 Å². The van der Waals surface area contributed by atoms with Crippen LogP contribution in [0.1, 0.15) is 46.5 Å². The van der Waals surface area contributed by atoms with Gasteiger partial charge in [0.05, 0.1) is 0 Å². The standard InChI is InChI=1S/C13H26N2/c1-10(2)8-11(3)15-7-6-13(9-15)14-12-4-5-12/h10-14H,4-9H2,1-3H3. The third-order valence-corrected chi connectivity index (χ3v) is 3.70. The lowest BCUT2D eigenvalue weighted by Crippen LogP contribution is -2.37. The van der Waals surface area contributed by atoms with Gasteiger partial charge in [-0.2, -0.15) is 0 Å². The summed E-state index contributed by atoms with van der Waals surface area (Å²) in [4.78, 5) is 2.67. The van der Waals surface area contributed by atoms with E-state index in [-0.39, 0.29) is 0 Å². The molecule has 1 aliphatic carbocycles. The van der Waals surface area contributed by atoms with Gasteiger partial charge < -0.3 is 5.32 Å². The molecule has 0 bridgehead atoms. The Balaban J connectivity index is 1.70. The first-order valence-corrected chi connectivity index (χ1v) is 6.65. The molecule has 2 aliphatic rings. The molecule has 1 N–H and O–H groups in total. The molecule has 0 aromatic rings. The van der Waals surface area contributed by atoms with Crippen LogP contribution in [0.3, 0.4) is 0 Å². The van der Waals surface area contributed by atoms with Gasteiger partial charge >= 0.3 is 0 Å². The molecule has 2 atom stereocenters. The zero-order chi connectivity index (χ0) is 10.8. The lowest BCUT2D eigenvalue weighted by Gasteiger charge is -2.25. The second-order valence-electron chi connectivity index (χ2n) is 5.90. The monoisotopic (exact) mass is 210 g/mol. The molecule has 1 aliphatic heterocycles. The fraction of sp³-hybridized carbons (Fsp3) is 1.00. The third-order valence-electron chi connectivity index (χ3n) is 3.70. The molecule has 0 aromatic heterocycles. The predicted octanol–water partition coefficient (Wildman–Crippen LogP) is 2.25. The van der Waals surface area contributed by atoms with Gasteiger partial charge in [0.25, 0.3) is 0 Å². The highest BCUT2D eigenvalue weighted by molar-refractivity contribution is 4.90. The topological polar surface area (TPSA) is 15.3 Å². The van der Waals surface area contributed by atoms with Crippen LogP contribution in [-0.4, -0.2) is 36.1 Å². The quantitative estimate of drug-likeness (QED) is 0.749. The van der Waals surface area contributed by atoms with E-state index in [1.807, 2.05) is 0 Å². The van der Waals surface area contributed by atoms with E-state index < -0.39 is 0 Å². The molecule has 1 saturated heterocycles. The Morgan fingerprint density at radius 2 is 1.87 bits per heavy atom. The molecular formula is C13H26N2. The Bertz CT molecular complexity index is 199. The minimum absolute atomic E-state index is 0.774. The summed E-state index contributed by atoms with van der Waals surface area (Å²) in [5, 5.41) is 3.75. The summed E-state index contributed by atoms with van der Waals surface area (Å²) >= 11 is 0. The highest BCUT2D eigenvalue weighted by Gasteiger charge is 2.30. The average Bonchev–Trinajstić information content (AvgIpc) is 2.80. The minimum atomic E-state index is 0.774. The van der Waals surface area contributed by atoms with Crippen molar-refractivity contribution in [2.75, 3.05) is 13.1 Å². The number of hydrogen-bond donors (Lipinski definition) is 1. The van der Waals surface area contributed by atoms with Crippen molar-refractivity contribution in [1.82, 2.24) is 10.2 Å². The molecule has 0 aromatic carbocycles. The lowest BCUT2D eigenvalue weighted by atomic mass is 10.0. The van der Waals surface area contributed by atoms with Crippen LogP contribution in [0.25, 0.3) is 0 Å². The van der Waals surface area contributed by atoms with E-state index in [4.69, 9.17) is 0 Å². The maximum absolute atomic E-state index is 3.75. The first-order chi connectivity index (χ1) is 7.15. The smallest absolute Gasteiger partial charge is 0.0209 e. The number of nitrogens with one attached hydrogen (secondary N) is 1. The molecule has 15 heavy (non-hydrogen) atoms. The van der Waals surface area contributed by atoms with E-state index in [2.05, 4.69) is 31.0 Å². The van der Waals surface area contributed by atoms with Crippen molar-refractivity contribution >= 4 is 0 Å². The van der Waals surface area contributed by atoms with Gasteiger partial charge in [0, 0.05) is 31.2 Å². The second kappa shape index (κ2) is 4.84. The van der Waals surface area contributed by atoms with Crippen molar-refractivity contribution in [3.05, 3.63) is 0 Å². The predicted molar refractivity (Wildman–Crippen MR) is 65.1 cm³/mol. The highest BCUT2D eigenvalue weighted by atomic mass is 15.2. The van der Waals surface area contributed by atoms with E-state index in [1.165, 1.54) is 38.8 Å². The van der Waals surface area contributed by atoms with Crippen molar-refractivity contribution in [2.24, 2.45) is 5.92 Å². The summed E-state index contributed by atoms with van der Waals surface area (Å²) < 4.78 is 0. The molecule has 1 saturated carbocycles. The maximum Gasteiger partial charge on any atom is 0.0209 e. The molecule has 2 rings (SSSR count). The molecule has 2 fully saturated rings. The van der Waals surface area contributed by atoms with Gasteiger partial charge in [-0.25, -0.2) is 0 Å². The van der Waals surface area contributed by atoms with Crippen LogP contribution in [0.4, 0.5) is 0 Å². The van der Waals surface area contributed by atoms with E-state index in [9.17, 15) is 0 Å². The number of rotatable bonds is 5. The van der Waals surface area contributed by atoms with E-state index in [1.54, 1.807) is 0 Å². The third kappa shape index (κ3) is 3.46. The molecule has 2 unspecified atom stereocenters. The normalized spacial score (nSPS) is 30.0. The van der Waals surface area contributed by atoms with Gasteiger partial charge in [0.1, 0.15) is 0 Å². The second-order valence-corrected chi connectivity index (χ2v) is 5.90. The van der Waals surface area contributed by atoms with Crippen LogP contribution >= 0.6 is 0 Å². The number of hydrogen-bond acceptors (Lipinski definition) is 2. The first kappa shape index (κ1) is 11.4. The van der Waals surface area contributed by atoms with Gasteiger partial charge in [-0.3, -0.25) is 4.90 Å². The molecule has 0 amide bonds. The fourth-order valence-corrected chi connectivity index (χ4v) is 2.74. The number of nitrogens with zero attached hydrogens (tertiary/aromatic N) is 1. The zero-order valence-electron chi connectivity index (χ0n) is 10.5. The molecule has 0 radical (unpaired) electrons. The van der Waals surface area contributed by atoms with Crippen LogP contribution in [0.15, 0.2) is 0 Å². The lowest BCUT2D eigenvalue weighted by molar-refractivity contribution is 0.223. The molecule has 1 heterocycles. The van der Waals surface area contributed by atoms with Gasteiger partial charge in [0.2, 0.25) is 0 Å². The average molecular weight is 210 g/mol. The van der Waals surface area contributed by atoms with Crippen molar-refractivity contribution in [3.63, 3.8) is 0 Å². The Kier molecular flexibility index (Phi) is 3.68. The maximum atomic E-state index is 3.75. The summed E-state index contributed by atoms with van der Waals surface area (Å²) in [6.07, 6.45) is 5.53. The molecule has 2 heteroatoms. The summed E-state index contributed by atoms with van der Waals surface area (Å²) in [7, 11) is 0. The SMILES string of the molecule is CC(C)CC(C)N1CCC(NC2CC2)C1. The largest absolute Gasteiger partial charge is 0.310 e. The van der Waals surface area contributed by atoms with Gasteiger partial charge in [-0.1, -0.05) is 13.8 Å². The summed E-state index contributed by atoms with van der Waals surface area (Å²) in [6, 6.07) is 2.43. The Morgan fingerprint density at radius 3 is 2.47 bits per heavy atom. The summed E-state index contributed by atoms with van der Waals surface area (Å²) in [6.45, 7) is 9.63. The highest BCUT2D eigenvalue weighted by Crippen LogP contribution is 2.23. The van der Waals surface area contributed by atoms with Gasteiger partial charge in [-0.15, -0.1) is 0 Å². The first-order valence-electron chi connectivity index (χ1n) is 6.65.